The molecule has 2 unspecified atom stereocenters. The number of aromatic nitrogens is 3. The zero-order valence-corrected chi connectivity index (χ0v) is 17.1. The van der Waals surface area contributed by atoms with Crippen LogP contribution in [-0.4, -0.2) is 45.9 Å². The van der Waals surface area contributed by atoms with E-state index in [2.05, 4.69) is 16.0 Å². The maximum absolute atomic E-state index is 10.9. The van der Waals surface area contributed by atoms with Crippen molar-refractivity contribution in [1.82, 2.24) is 15.0 Å². The molecule has 0 radical (unpaired) electrons. The summed E-state index contributed by atoms with van der Waals surface area (Å²) in [4.78, 5) is 16.2. The number of aliphatic hydroxyl groups is 1. The maximum Gasteiger partial charge on any atom is 0.163 e. The van der Waals surface area contributed by atoms with Crippen molar-refractivity contribution >= 4 is 16.7 Å². The van der Waals surface area contributed by atoms with Crippen molar-refractivity contribution in [3.63, 3.8) is 0 Å². The van der Waals surface area contributed by atoms with Gasteiger partial charge in [-0.3, -0.25) is 4.98 Å². The predicted molar refractivity (Wildman–Crippen MR) is 121 cm³/mol. The Bertz CT molecular complexity index is 1150. The zero-order valence-electron chi connectivity index (χ0n) is 17.1. The van der Waals surface area contributed by atoms with E-state index in [1.807, 2.05) is 60.7 Å². The highest BCUT2D eigenvalue weighted by molar-refractivity contribution is 5.91. The molecule has 0 saturated carbocycles. The average molecular weight is 412 g/mol. The van der Waals surface area contributed by atoms with Crippen LogP contribution in [0, 0.1) is 0 Å². The van der Waals surface area contributed by atoms with Crippen LogP contribution in [0.5, 0.6) is 0 Å². The van der Waals surface area contributed by atoms with Crippen LogP contribution in [0.25, 0.3) is 22.3 Å². The second-order valence-corrected chi connectivity index (χ2v) is 7.71. The molecule has 0 bridgehead atoms. The molecule has 0 spiro atoms. The number of benzene rings is 2. The van der Waals surface area contributed by atoms with E-state index in [1.54, 1.807) is 12.4 Å². The van der Waals surface area contributed by atoms with Crippen molar-refractivity contribution in [1.29, 1.82) is 0 Å². The van der Waals surface area contributed by atoms with Gasteiger partial charge in [0.15, 0.2) is 5.82 Å². The molecule has 1 N–H and O–H groups in total. The summed E-state index contributed by atoms with van der Waals surface area (Å²) in [5, 5.41) is 11.9. The molecule has 1 fully saturated rings. The van der Waals surface area contributed by atoms with Crippen LogP contribution >= 0.6 is 0 Å². The molecule has 6 heteroatoms. The number of para-hydroxylation sites is 1. The van der Waals surface area contributed by atoms with Gasteiger partial charge >= 0.3 is 0 Å². The van der Waals surface area contributed by atoms with E-state index in [0.29, 0.717) is 32.0 Å². The van der Waals surface area contributed by atoms with Crippen molar-refractivity contribution in [2.45, 2.75) is 18.6 Å². The zero-order chi connectivity index (χ0) is 21.0. The highest BCUT2D eigenvalue weighted by Gasteiger charge is 2.29. The quantitative estimate of drug-likeness (QED) is 0.534. The van der Waals surface area contributed by atoms with E-state index in [4.69, 9.17) is 14.7 Å². The minimum Gasteiger partial charge on any atom is -0.388 e. The van der Waals surface area contributed by atoms with Crippen LogP contribution in [0.4, 0.5) is 5.82 Å². The number of rotatable bonds is 5. The summed E-state index contributed by atoms with van der Waals surface area (Å²) >= 11 is 0. The Labute approximate surface area is 181 Å². The van der Waals surface area contributed by atoms with Crippen molar-refractivity contribution in [2.75, 3.05) is 24.7 Å². The minimum atomic E-state index is -0.568. The van der Waals surface area contributed by atoms with Gasteiger partial charge in [0.25, 0.3) is 0 Å². The van der Waals surface area contributed by atoms with Gasteiger partial charge in [0.1, 0.15) is 5.82 Å². The van der Waals surface area contributed by atoms with Crippen molar-refractivity contribution in [3.8, 4) is 11.4 Å². The normalized spacial score (nSPS) is 17.6. The first-order valence-corrected chi connectivity index (χ1v) is 10.5. The van der Waals surface area contributed by atoms with Gasteiger partial charge in [-0.25, -0.2) is 9.97 Å². The van der Waals surface area contributed by atoms with Crippen molar-refractivity contribution in [2.24, 2.45) is 0 Å². The monoisotopic (exact) mass is 412 g/mol. The summed E-state index contributed by atoms with van der Waals surface area (Å²) in [5.41, 5.74) is 2.68. The lowest BCUT2D eigenvalue weighted by Crippen LogP contribution is -2.47. The molecule has 6 nitrogen and oxygen atoms in total. The number of morpholine rings is 1. The van der Waals surface area contributed by atoms with E-state index < -0.39 is 6.10 Å². The van der Waals surface area contributed by atoms with Gasteiger partial charge in [-0.15, -0.1) is 0 Å². The fourth-order valence-corrected chi connectivity index (χ4v) is 4.10. The third kappa shape index (κ3) is 4.13. The summed E-state index contributed by atoms with van der Waals surface area (Å²) in [5.74, 6) is 1.52. The Balaban J connectivity index is 1.54. The molecule has 5 rings (SSSR count). The van der Waals surface area contributed by atoms with Crippen LogP contribution in [0.1, 0.15) is 18.1 Å². The van der Waals surface area contributed by atoms with Crippen LogP contribution in [0.3, 0.4) is 0 Å². The van der Waals surface area contributed by atoms with E-state index in [1.165, 1.54) is 0 Å². The molecule has 156 valence electrons. The smallest absolute Gasteiger partial charge is 0.163 e. The molecule has 2 aromatic heterocycles. The summed E-state index contributed by atoms with van der Waals surface area (Å²) in [6, 6.07) is 21.7. The van der Waals surface area contributed by atoms with Gasteiger partial charge < -0.3 is 14.7 Å². The maximum atomic E-state index is 10.9. The number of hydrogen-bond donors (Lipinski definition) is 1. The van der Waals surface area contributed by atoms with E-state index in [9.17, 15) is 5.11 Å². The predicted octanol–water partition coefficient (Wildman–Crippen LogP) is 4.02. The molecular formula is C25H24N4O2. The first-order valence-electron chi connectivity index (χ1n) is 10.5. The lowest BCUT2D eigenvalue weighted by molar-refractivity contribution is 0.0678. The number of pyridine rings is 1. The lowest BCUT2D eigenvalue weighted by atomic mass is 10.0. The van der Waals surface area contributed by atoms with Gasteiger partial charge in [-0.2, -0.15) is 0 Å². The van der Waals surface area contributed by atoms with E-state index >= 15 is 0 Å². The summed E-state index contributed by atoms with van der Waals surface area (Å²) in [6.07, 6.45) is 3.52. The standard InChI is InChI=1S/C25H24N4O2/c30-23(18-7-2-1-3-8-18)15-20-17-31-14-13-29(20)25-21-10-4-5-11-22(21)27-24(28-25)19-9-6-12-26-16-19/h1-12,16,20,23,30H,13-15,17H2. The Kier molecular flexibility index (Phi) is 5.56. The second kappa shape index (κ2) is 8.79. The molecular weight excluding hydrogens is 388 g/mol. The van der Waals surface area contributed by atoms with Crippen LogP contribution in [-0.2, 0) is 4.74 Å². The molecule has 3 heterocycles. The van der Waals surface area contributed by atoms with Crippen LogP contribution in [0.2, 0.25) is 0 Å². The number of aliphatic hydroxyl groups excluding tert-OH is 1. The second-order valence-electron chi connectivity index (χ2n) is 7.71. The molecule has 0 aliphatic carbocycles. The van der Waals surface area contributed by atoms with Gasteiger partial charge in [-0.1, -0.05) is 42.5 Å². The highest BCUT2D eigenvalue weighted by atomic mass is 16.5. The highest BCUT2D eigenvalue weighted by Crippen LogP contribution is 2.32. The van der Waals surface area contributed by atoms with Gasteiger partial charge in [0, 0.05) is 36.3 Å². The molecule has 1 aliphatic rings. The Morgan fingerprint density at radius 2 is 1.84 bits per heavy atom. The van der Waals surface area contributed by atoms with Crippen LogP contribution < -0.4 is 4.90 Å². The molecule has 1 saturated heterocycles. The first-order chi connectivity index (χ1) is 15.3. The van der Waals surface area contributed by atoms with E-state index in [0.717, 1.165) is 27.8 Å². The molecule has 1 aliphatic heterocycles. The van der Waals surface area contributed by atoms with Gasteiger partial charge in [-0.05, 0) is 29.8 Å². The number of fused-ring (bicyclic) bond motifs is 1. The third-order valence-corrected chi connectivity index (χ3v) is 5.68. The third-order valence-electron chi connectivity index (χ3n) is 5.68. The van der Waals surface area contributed by atoms with Gasteiger partial charge in [0.2, 0.25) is 0 Å². The van der Waals surface area contributed by atoms with Crippen LogP contribution in [0.15, 0.2) is 79.1 Å². The summed E-state index contributed by atoms with van der Waals surface area (Å²) in [7, 11) is 0. The molecule has 2 aromatic carbocycles. The van der Waals surface area contributed by atoms with Crippen molar-refractivity contribution in [3.05, 3.63) is 84.7 Å². The number of anilines is 1. The minimum absolute atomic E-state index is 0.00371. The summed E-state index contributed by atoms with van der Waals surface area (Å²) in [6.45, 7) is 1.88. The Hall–Kier alpha value is -3.35. The first kappa shape index (κ1) is 19.6. The van der Waals surface area contributed by atoms with Gasteiger partial charge in [0.05, 0.1) is 30.9 Å². The number of ether oxygens (including phenoxy) is 1. The molecule has 0 amide bonds. The Morgan fingerprint density at radius 1 is 1.00 bits per heavy atom. The lowest BCUT2D eigenvalue weighted by Gasteiger charge is -2.38. The largest absolute Gasteiger partial charge is 0.388 e. The average Bonchev–Trinajstić information content (AvgIpc) is 2.85. The number of hydrogen-bond acceptors (Lipinski definition) is 6. The fourth-order valence-electron chi connectivity index (χ4n) is 4.10. The molecule has 4 aromatic rings. The van der Waals surface area contributed by atoms with E-state index in [-0.39, 0.29) is 6.04 Å². The van der Waals surface area contributed by atoms with Crippen molar-refractivity contribution < 1.29 is 9.84 Å². The summed E-state index contributed by atoms with van der Waals surface area (Å²) < 4.78 is 5.79. The molecule has 31 heavy (non-hydrogen) atoms. The fraction of sp³-hybridized carbons (Fsp3) is 0.240. The molecule has 2 atom stereocenters. The Morgan fingerprint density at radius 3 is 2.68 bits per heavy atom. The SMILES string of the molecule is OC(CC1COCCN1c1nc(-c2cccnc2)nc2ccccc12)c1ccccc1. The topological polar surface area (TPSA) is 71.4 Å². The number of nitrogens with zero attached hydrogens (tertiary/aromatic N) is 4.